The molecular formula is C15H17Cl2N3OS. The molecular weight excluding hydrogens is 341 g/mol. The minimum Gasteiger partial charge on any atom is -0.336 e. The summed E-state index contributed by atoms with van der Waals surface area (Å²) in [5.74, 6) is 0. The van der Waals surface area contributed by atoms with Crippen molar-refractivity contribution in [3.63, 3.8) is 0 Å². The normalized spacial score (nSPS) is 12.2. The molecule has 0 bridgehead atoms. The quantitative estimate of drug-likeness (QED) is 0.828. The lowest BCUT2D eigenvalue weighted by Gasteiger charge is -2.24. The number of likely N-dealkylation sites (N-methyl/N-ethyl adjacent to an activating group) is 1. The summed E-state index contributed by atoms with van der Waals surface area (Å²) in [4.78, 5) is 14.1. The van der Waals surface area contributed by atoms with Gasteiger partial charge in [-0.1, -0.05) is 29.3 Å². The number of carbonyl (C=O) groups is 1. The minimum atomic E-state index is -0.314. The van der Waals surface area contributed by atoms with Gasteiger partial charge in [0, 0.05) is 6.54 Å². The molecule has 0 spiro atoms. The van der Waals surface area contributed by atoms with E-state index in [4.69, 9.17) is 23.2 Å². The van der Waals surface area contributed by atoms with Crippen molar-refractivity contribution in [1.29, 1.82) is 0 Å². The second-order valence-corrected chi connectivity index (χ2v) is 6.54. The number of nitrogens with zero attached hydrogens (tertiary/aromatic N) is 1. The standard InChI is InChI=1S/C15H17Cl2N3OS/c1-20(2)13(10-6-7-22-9-10)8-18-15(21)19-12-5-3-4-11(16)14(12)17/h3-7,9,13H,8H2,1-2H3,(H2,18,19,21)/t13-/m0/s1. The van der Waals surface area contributed by atoms with Crippen LogP contribution in [0.2, 0.25) is 10.0 Å². The highest BCUT2D eigenvalue weighted by Gasteiger charge is 2.16. The zero-order valence-electron chi connectivity index (χ0n) is 12.3. The number of hydrogen-bond acceptors (Lipinski definition) is 3. The Kier molecular flexibility index (Phi) is 6.08. The molecule has 0 aliphatic heterocycles. The Hall–Kier alpha value is -1.27. The summed E-state index contributed by atoms with van der Waals surface area (Å²) in [6.07, 6.45) is 0. The van der Waals surface area contributed by atoms with Gasteiger partial charge in [0.1, 0.15) is 0 Å². The van der Waals surface area contributed by atoms with Gasteiger partial charge in [-0.05, 0) is 48.6 Å². The number of urea groups is 1. The topological polar surface area (TPSA) is 44.4 Å². The summed E-state index contributed by atoms with van der Waals surface area (Å²) in [7, 11) is 3.96. The zero-order valence-corrected chi connectivity index (χ0v) is 14.6. The van der Waals surface area contributed by atoms with Gasteiger partial charge in [0.25, 0.3) is 0 Å². The largest absolute Gasteiger partial charge is 0.336 e. The maximum atomic E-state index is 12.0. The molecule has 2 amide bonds. The number of thiophene rings is 1. The van der Waals surface area contributed by atoms with E-state index in [0.717, 1.165) is 0 Å². The van der Waals surface area contributed by atoms with Gasteiger partial charge in [0.15, 0.2) is 0 Å². The first kappa shape index (κ1) is 17.1. The van der Waals surface area contributed by atoms with E-state index in [9.17, 15) is 4.79 Å². The van der Waals surface area contributed by atoms with E-state index in [1.807, 2.05) is 19.5 Å². The molecule has 2 aromatic rings. The van der Waals surface area contributed by atoms with E-state index >= 15 is 0 Å². The number of anilines is 1. The maximum absolute atomic E-state index is 12.0. The summed E-state index contributed by atoms with van der Waals surface area (Å²) in [5.41, 5.74) is 1.67. The van der Waals surface area contributed by atoms with Gasteiger partial charge < -0.3 is 15.5 Å². The van der Waals surface area contributed by atoms with Crippen molar-refractivity contribution in [2.75, 3.05) is 26.0 Å². The van der Waals surface area contributed by atoms with E-state index in [2.05, 4.69) is 27.0 Å². The number of rotatable bonds is 5. The third-order valence-corrected chi connectivity index (χ3v) is 4.73. The molecule has 0 fully saturated rings. The van der Waals surface area contributed by atoms with Crippen molar-refractivity contribution in [3.8, 4) is 0 Å². The number of hydrogen-bond donors (Lipinski definition) is 2. The van der Waals surface area contributed by atoms with Gasteiger partial charge >= 0.3 is 6.03 Å². The van der Waals surface area contributed by atoms with Gasteiger partial charge in [0.2, 0.25) is 0 Å². The maximum Gasteiger partial charge on any atom is 0.319 e. The Morgan fingerprint density at radius 3 is 2.73 bits per heavy atom. The SMILES string of the molecule is CN(C)[C@@H](CNC(=O)Nc1cccc(Cl)c1Cl)c1ccsc1. The highest BCUT2D eigenvalue weighted by atomic mass is 35.5. The second kappa shape index (κ2) is 7.83. The molecule has 1 aromatic heterocycles. The number of benzene rings is 1. The van der Waals surface area contributed by atoms with Gasteiger partial charge in [-0.3, -0.25) is 0 Å². The number of nitrogens with one attached hydrogen (secondary N) is 2. The highest BCUT2D eigenvalue weighted by molar-refractivity contribution is 7.07. The van der Waals surface area contributed by atoms with Crippen molar-refractivity contribution in [1.82, 2.24) is 10.2 Å². The first-order valence-electron chi connectivity index (χ1n) is 6.66. The van der Waals surface area contributed by atoms with Crippen LogP contribution in [0.4, 0.5) is 10.5 Å². The van der Waals surface area contributed by atoms with Crippen molar-refractivity contribution >= 4 is 46.3 Å². The first-order chi connectivity index (χ1) is 10.5. The lowest BCUT2D eigenvalue weighted by atomic mass is 10.1. The van der Waals surface area contributed by atoms with Crippen molar-refractivity contribution in [2.24, 2.45) is 0 Å². The fourth-order valence-corrected chi connectivity index (χ4v) is 3.07. The van der Waals surface area contributed by atoms with Crippen LogP contribution in [0, 0.1) is 0 Å². The van der Waals surface area contributed by atoms with Crippen LogP contribution in [0.3, 0.4) is 0 Å². The van der Waals surface area contributed by atoms with E-state index < -0.39 is 0 Å². The summed E-state index contributed by atoms with van der Waals surface area (Å²) in [6, 6.07) is 6.97. The Balaban J connectivity index is 1.96. The molecule has 1 heterocycles. The lowest BCUT2D eigenvalue weighted by molar-refractivity contribution is 0.243. The zero-order chi connectivity index (χ0) is 16.1. The smallest absolute Gasteiger partial charge is 0.319 e. The van der Waals surface area contributed by atoms with E-state index in [1.165, 1.54) is 5.56 Å². The summed E-state index contributed by atoms with van der Waals surface area (Å²) in [6.45, 7) is 0.494. The fourth-order valence-electron chi connectivity index (χ4n) is 2.02. The fraction of sp³-hybridized carbons (Fsp3) is 0.267. The lowest BCUT2D eigenvalue weighted by Crippen LogP contribution is -2.36. The van der Waals surface area contributed by atoms with Crippen LogP contribution in [0.5, 0.6) is 0 Å². The predicted octanol–water partition coefficient (Wildman–Crippen LogP) is 4.48. The molecule has 0 aliphatic carbocycles. The molecule has 2 N–H and O–H groups in total. The van der Waals surface area contributed by atoms with Crippen LogP contribution in [-0.4, -0.2) is 31.6 Å². The molecule has 0 aliphatic rings. The third kappa shape index (κ3) is 4.36. The van der Waals surface area contributed by atoms with Gasteiger partial charge in [-0.15, -0.1) is 0 Å². The first-order valence-corrected chi connectivity index (χ1v) is 8.36. The van der Waals surface area contributed by atoms with Gasteiger partial charge in [0.05, 0.1) is 21.8 Å². The molecule has 1 aromatic carbocycles. The molecule has 0 unspecified atom stereocenters. The molecule has 118 valence electrons. The Morgan fingerprint density at radius 1 is 1.32 bits per heavy atom. The van der Waals surface area contributed by atoms with E-state index in [-0.39, 0.29) is 12.1 Å². The predicted molar refractivity (Wildman–Crippen MR) is 94.2 cm³/mol. The molecule has 1 atom stereocenters. The summed E-state index contributed by atoms with van der Waals surface area (Å²) < 4.78 is 0. The van der Waals surface area contributed by atoms with Crippen LogP contribution in [0.1, 0.15) is 11.6 Å². The Labute approximate surface area is 144 Å². The molecule has 2 rings (SSSR count). The van der Waals surface area contributed by atoms with Crippen molar-refractivity contribution < 1.29 is 4.79 Å². The van der Waals surface area contributed by atoms with Crippen LogP contribution < -0.4 is 10.6 Å². The number of carbonyl (C=O) groups excluding carboxylic acids is 1. The van der Waals surface area contributed by atoms with Crippen LogP contribution in [0.15, 0.2) is 35.0 Å². The third-order valence-electron chi connectivity index (χ3n) is 3.21. The van der Waals surface area contributed by atoms with Crippen LogP contribution in [-0.2, 0) is 0 Å². The van der Waals surface area contributed by atoms with Crippen molar-refractivity contribution in [3.05, 3.63) is 50.6 Å². The molecule has 4 nitrogen and oxygen atoms in total. The van der Waals surface area contributed by atoms with E-state index in [1.54, 1.807) is 29.5 Å². The Bertz CT molecular complexity index is 632. The molecule has 7 heteroatoms. The number of amides is 2. The van der Waals surface area contributed by atoms with Gasteiger partial charge in [-0.2, -0.15) is 11.3 Å². The summed E-state index contributed by atoms with van der Waals surface area (Å²) >= 11 is 13.6. The minimum absolute atomic E-state index is 0.117. The van der Waals surface area contributed by atoms with Crippen molar-refractivity contribution in [2.45, 2.75) is 6.04 Å². The number of halogens is 2. The highest BCUT2D eigenvalue weighted by Crippen LogP contribution is 2.29. The monoisotopic (exact) mass is 357 g/mol. The van der Waals surface area contributed by atoms with E-state index in [0.29, 0.717) is 22.3 Å². The van der Waals surface area contributed by atoms with Crippen LogP contribution in [0.25, 0.3) is 0 Å². The average molecular weight is 358 g/mol. The Morgan fingerprint density at radius 2 is 2.09 bits per heavy atom. The summed E-state index contributed by atoms with van der Waals surface area (Å²) in [5, 5.41) is 10.4. The molecule has 0 saturated heterocycles. The molecule has 0 saturated carbocycles. The average Bonchev–Trinajstić information content (AvgIpc) is 2.98. The molecule has 22 heavy (non-hydrogen) atoms. The van der Waals surface area contributed by atoms with Gasteiger partial charge in [-0.25, -0.2) is 4.79 Å². The second-order valence-electron chi connectivity index (χ2n) is 4.97. The van der Waals surface area contributed by atoms with Crippen LogP contribution >= 0.6 is 34.5 Å². The molecule has 0 radical (unpaired) electrons.